The number of hydrogen-bond acceptors (Lipinski definition) is 3. The quantitative estimate of drug-likeness (QED) is 0.783. The van der Waals surface area contributed by atoms with Crippen LogP contribution in [0.3, 0.4) is 0 Å². The van der Waals surface area contributed by atoms with Crippen molar-refractivity contribution in [1.82, 2.24) is 10.0 Å². The minimum Gasteiger partial charge on any atom is -0.355 e. The summed E-state index contributed by atoms with van der Waals surface area (Å²) in [4.78, 5) is 12.0. The van der Waals surface area contributed by atoms with E-state index in [1.54, 1.807) is 24.3 Å². The van der Waals surface area contributed by atoms with Gasteiger partial charge in [0.1, 0.15) is 0 Å². The van der Waals surface area contributed by atoms with E-state index in [9.17, 15) is 13.2 Å². The van der Waals surface area contributed by atoms with Gasteiger partial charge in [-0.2, -0.15) is 0 Å². The van der Waals surface area contributed by atoms with Crippen LogP contribution in [0.4, 0.5) is 0 Å². The van der Waals surface area contributed by atoms with Crippen molar-refractivity contribution in [3.05, 3.63) is 29.8 Å². The lowest BCUT2D eigenvalue weighted by Crippen LogP contribution is -2.37. The van der Waals surface area contributed by atoms with Crippen LogP contribution in [0, 0.1) is 12.8 Å². The van der Waals surface area contributed by atoms with E-state index < -0.39 is 10.0 Å². The normalized spacial score (nSPS) is 16.0. The molecular weight excluding hydrogens is 288 g/mol. The van der Waals surface area contributed by atoms with E-state index >= 15 is 0 Å². The summed E-state index contributed by atoms with van der Waals surface area (Å²) in [6.45, 7) is 2.43. The van der Waals surface area contributed by atoms with Crippen molar-refractivity contribution in [3.8, 4) is 0 Å². The number of benzene rings is 1. The molecule has 2 N–H and O–H groups in total. The molecule has 1 aliphatic rings. The Kier molecular flexibility index (Phi) is 5.36. The summed E-state index contributed by atoms with van der Waals surface area (Å²) in [5.41, 5.74) is 1.01. The standard InChI is InChI=1S/C15H22N2O3S/c1-12-6-8-14(9-7-12)21(19,20)17-11-10-16-15(18)13-4-2-3-5-13/h6-9,13,17H,2-5,10-11H2,1H3,(H,16,18). The lowest BCUT2D eigenvalue weighted by Gasteiger charge is -2.11. The molecule has 21 heavy (non-hydrogen) atoms. The third kappa shape index (κ3) is 4.54. The molecule has 1 aromatic rings. The summed E-state index contributed by atoms with van der Waals surface area (Å²) in [6, 6.07) is 6.68. The van der Waals surface area contributed by atoms with E-state index in [1.165, 1.54) is 0 Å². The van der Waals surface area contributed by atoms with E-state index in [0.717, 1.165) is 31.2 Å². The van der Waals surface area contributed by atoms with Crippen molar-refractivity contribution in [2.45, 2.75) is 37.5 Å². The molecule has 0 radical (unpaired) electrons. The second kappa shape index (κ2) is 7.04. The Balaban J connectivity index is 1.77. The molecule has 2 rings (SSSR count). The van der Waals surface area contributed by atoms with Crippen molar-refractivity contribution in [2.75, 3.05) is 13.1 Å². The molecule has 116 valence electrons. The van der Waals surface area contributed by atoms with Gasteiger partial charge in [-0.25, -0.2) is 13.1 Å². The Morgan fingerprint density at radius 3 is 2.38 bits per heavy atom. The molecule has 1 amide bonds. The second-order valence-electron chi connectivity index (χ2n) is 5.48. The van der Waals surface area contributed by atoms with Crippen LogP contribution in [0.2, 0.25) is 0 Å². The topological polar surface area (TPSA) is 75.3 Å². The van der Waals surface area contributed by atoms with Gasteiger partial charge in [0.2, 0.25) is 15.9 Å². The van der Waals surface area contributed by atoms with Crippen molar-refractivity contribution < 1.29 is 13.2 Å². The molecule has 0 spiro atoms. The van der Waals surface area contributed by atoms with Crippen LogP contribution in [0.1, 0.15) is 31.2 Å². The van der Waals surface area contributed by atoms with E-state index in [0.29, 0.717) is 6.54 Å². The Hall–Kier alpha value is -1.40. The highest BCUT2D eigenvalue weighted by Gasteiger charge is 2.22. The summed E-state index contributed by atoms with van der Waals surface area (Å²) >= 11 is 0. The van der Waals surface area contributed by atoms with Crippen molar-refractivity contribution >= 4 is 15.9 Å². The number of sulfonamides is 1. The van der Waals surface area contributed by atoms with E-state index in [-0.39, 0.29) is 23.3 Å². The van der Waals surface area contributed by atoms with E-state index in [1.807, 2.05) is 6.92 Å². The highest BCUT2D eigenvalue weighted by molar-refractivity contribution is 7.89. The lowest BCUT2D eigenvalue weighted by atomic mass is 10.1. The average molecular weight is 310 g/mol. The van der Waals surface area contributed by atoms with Crippen LogP contribution in [0.5, 0.6) is 0 Å². The van der Waals surface area contributed by atoms with Crippen molar-refractivity contribution in [1.29, 1.82) is 0 Å². The van der Waals surface area contributed by atoms with Gasteiger partial charge in [-0.3, -0.25) is 4.79 Å². The molecule has 0 unspecified atom stereocenters. The molecule has 0 saturated heterocycles. The highest BCUT2D eigenvalue weighted by atomic mass is 32.2. The summed E-state index contributed by atoms with van der Waals surface area (Å²) < 4.78 is 26.5. The zero-order chi connectivity index (χ0) is 15.3. The first kappa shape index (κ1) is 16.0. The van der Waals surface area contributed by atoms with Gasteiger partial charge in [0.25, 0.3) is 0 Å². The number of carbonyl (C=O) groups excluding carboxylic acids is 1. The molecule has 0 bridgehead atoms. The minimum absolute atomic E-state index is 0.0435. The van der Waals surface area contributed by atoms with Crippen LogP contribution in [-0.2, 0) is 14.8 Å². The summed E-state index contributed by atoms with van der Waals surface area (Å²) in [6.07, 6.45) is 4.11. The van der Waals surface area contributed by atoms with Crippen molar-refractivity contribution in [2.24, 2.45) is 5.92 Å². The summed E-state index contributed by atoms with van der Waals surface area (Å²) in [7, 11) is -3.50. The second-order valence-corrected chi connectivity index (χ2v) is 7.25. The number of nitrogens with one attached hydrogen (secondary N) is 2. The van der Waals surface area contributed by atoms with Gasteiger partial charge in [-0.05, 0) is 31.9 Å². The molecule has 1 saturated carbocycles. The number of rotatable bonds is 6. The first-order valence-corrected chi connectivity index (χ1v) is 8.81. The monoisotopic (exact) mass is 310 g/mol. The van der Waals surface area contributed by atoms with Gasteiger partial charge in [0.15, 0.2) is 0 Å². The molecule has 0 aromatic heterocycles. The van der Waals surface area contributed by atoms with Crippen LogP contribution in [0.15, 0.2) is 29.2 Å². The number of aryl methyl sites for hydroxylation is 1. The lowest BCUT2D eigenvalue weighted by molar-refractivity contribution is -0.124. The Morgan fingerprint density at radius 2 is 1.76 bits per heavy atom. The first-order chi connectivity index (χ1) is 9.99. The van der Waals surface area contributed by atoms with Crippen LogP contribution >= 0.6 is 0 Å². The highest BCUT2D eigenvalue weighted by Crippen LogP contribution is 2.24. The fourth-order valence-corrected chi connectivity index (χ4v) is 3.54. The fraction of sp³-hybridized carbons (Fsp3) is 0.533. The third-order valence-electron chi connectivity index (χ3n) is 3.77. The SMILES string of the molecule is Cc1ccc(S(=O)(=O)NCCNC(=O)C2CCCC2)cc1. The molecule has 1 aromatic carbocycles. The molecule has 6 heteroatoms. The summed E-state index contributed by atoms with van der Waals surface area (Å²) in [5.74, 6) is 0.153. The number of hydrogen-bond donors (Lipinski definition) is 2. The van der Waals surface area contributed by atoms with Gasteiger partial charge in [0.05, 0.1) is 4.90 Å². The smallest absolute Gasteiger partial charge is 0.240 e. The van der Waals surface area contributed by atoms with Crippen LogP contribution in [0.25, 0.3) is 0 Å². The Labute approximate surface area is 126 Å². The predicted molar refractivity (Wildman–Crippen MR) is 81.3 cm³/mol. The van der Waals surface area contributed by atoms with Gasteiger partial charge in [-0.1, -0.05) is 30.5 Å². The average Bonchev–Trinajstić information content (AvgIpc) is 2.98. The van der Waals surface area contributed by atoms with Crippen molar-refractivity contribution in [3.63, 3.8) is 0 Å². The molecule has 5 nitrogen and oxygen atoms in total. The molecule has 0 heterocycles. The third-order valence-corrected chi connectivity index (χ3v) is 5.25. The molecular formula is C15H22N2O3S. The fourth-order valence-electron chi connectivity index (χ4n) is 2.50. The minimum atomic E-state index is -3.50. The maximum atomic E-state index is 12.0. The van der Waals surface area contributed by atoms with Crippen LogP contribution < -0.4 is 10.0 Å². The predicted octanol–water partition coefficient (Wildman–Crippen LogP) is 1.58. The first-order valence-electron chi connectivity index (χ1n) is 7.33. The zero-order valence-corrected chi connectivity index (χ0v) is 13.1. The molecule has 0 aliphatic heterocycles. The molecule has 1 aliphatic carbocycles. The van der Waals surface area contributed by atoms with Gasteiger partial charge < -0.3 is 5.32 Å². The van der Waals surface area contributed by atoms with Gasteiger partial charge in [0, 0.05) is 19.0 Å². The Bertz CT molecular complexity index is 575. The molecule has 1 fully saturated rings. The van der Waals surface area contributed by atoms with Gasteiger partial charge in [-0.15, -0.1) is 0 Å². The number of amides is 1. The number of carbonyl (C=O) groups is 1. The van der Waals surface area contributed by atoms with E-state index in [4.69, 9.17) is 0 Å². The Morgan fingerprint density at radius 1 is 1.14 bits per heavy atom. The van der Waals surface area contributed by atoms with Gasteiger partial charge >= 0.3 is 0 Å². The zero-order valence-electron chi connectivity index (χ0n) is 12.3. The van der Waals surface area contributed by atoms with Crippen LogP contribution in [-0.4, -0.2) is 27.4 Å². The maximum Gasteiger partial charge on any atom is 0.240 e. The maximum absolute atomic E-state index is 12.0. The largest absolute Gasteiger partial charge is 0.355 e. The summed E-state index contributed by atoms with van der Waals surface area (Å²) in [5, 5.41) is 2.79. The van der Waals surface area contributed by atoms with E-state index in [2.05, 4.69) is 10.0 Å². The molecule has 0 atom stereocenters.